The summed E-state index contributed by atoms with van der Waals surface area (Å²) < 4.78 is 12.2. The van der Waals surface area contributed by atoms with Gasteiger partial charge in [0.1, 0.15) is 0 Å². The molecule has 0 saturated carbocycles. The summed E-state index contributed by atoms with van der Waals surface area (Å²) in [7, 11) is 0. The second kappa shape index (κ2) is 3.10. The molecule has 0 spiro atoms. The van der Waals surface area contributed by atoms with Crippen LogP contribution in [0.4, 0.5) is 0 Å². The Morgan fingerprint density at radius 2 is 0.929 bits per heavy atom. The second-order valence-electron chi connectivity index (χ2n) is 3.14. The maximum atomic E-state index is 3.27. The molecule has 0 fully saturated rings. The minimum atomic E-state index is 1.41. The molecule has 0 unspecified atom stereocenters. The highest BCUT2D eigenvalue weighted by molar-refractivity contribution is 7.33. The molecule has 2 heterocycles. The summed E-state index contributed by atoms with van der Waals surface area (Å²) in [6.07, 6.45) is 0. The van der Waals surface area contributed by atoms with Crippen molar-refractivity contribution in [3.05, 3.63) is 11.1 Å². The predicted octanol–water partition coefficient (Wildman–Crippen LogP) is 4.64. The van der Waals surface area contributed by atoms with Gasteiger partial charge in [-0.25, -0.2) is 0 Å². The molecule has 14 heavy (non-hydrogen) atoms. The molecule has 0 aliphatic heterocycles. The number of H-pyrrole nitrogens is 2. The number of aryl methyl sites for hydroxylation is 2. The predicted molar refractivity (Wildman–Crippen MR) is 68.8 cm³/mol. The fraction of sp³-hybridized carbons (Fsp3) is 0.250. The minimum absolute atomic E-state index is 1.41. The summed E-state index contributed by atoms with van der Waals surface area (Å²) in [5, 5.41) is 0. The van der Waals surface area contributed by atoms with Crippen LogP contribution < -0.4 is 0 Å². The first-order valence-corrected chi connectivity index (χ1v) is 7.40. The van der Waals surface area contributed by atoms with Gasteiger partial charge in [0.15, 0.2) is 0 Å². The second-order valence-corrected chi connectivity index (χ2v) is 6.92. The normalized spacial score (nSPS) is 11.6. The minimum Gasteiger partial charge on any atom is -0.265 e. The molecule has 0 aliphatic rings. The van der Waals surface area contributed by atoms with Gasteiger partial charge in [0.2, 0.25) is 0 Å². The molecule has 0 atom stereocenters. The van der Waals surface area contributed by atoms with Gasteiger partial charge >= 0.3 is 0 Å². The number of aromatic amines is 2. The maximum absolute atomic E-state index is 3.27. The molecule has 0 amide bonds. The third-order valence-electron chi connectivity index (χ3n) is 2.35. The lowest BCUT2D eigenvalue weighted by molar-refractivity contribution is 1.60. The lowest BCUT2D eigenvalue weighted by Crippen LogP contribution is -1.77. The molecule has 0 bridgehead atoms. The topological polar surface area (TPSA) is 31.6 Å². The summed E-state index contributed by atoms with van der Waals surface area (Å²) in [5.74, 6) is 0. The van der Waals surface area contributed by atoms with E-state index >= 15 is 0 Å². The quantitative estimate of drug-likeness (QED) is 0.590. The van der Waals surface area contributed by atoms with Crippen LogP contribution in [0.25, 0.3) is 18.8 Å². The SMILES string of the molecule is Cc1c2s[nH]sc2c(C)c2s[nH]sc12. The Kier molecular flexibility index (Phi) is 1.98. The number of hydrogen-bond acceptors (Lipinski definition) is 4. The van der Waals surface area contributed by atoms with E-state index in [0.717, 1.165) is 0 Å². The lowest BCUT2D eigenvalue weighted by Gasteiger charge is -1.99. The van der Waals surface area contributed by atoms with Crippen LogP contribution in [0.5, 0.6) is 0 Å². The summed E-state index contributed by atoms with van der Waals surface area (Å²) in [6.45, 7) is 4.41. The highest BCUT2D eigenvalue weighted by Crippen LogP contribution is 2.39. The molecule has 3 rings (SSSR count). The van der Waals surface area contributed by atoms with Crippen molar-refractivity contribution in [3.8, 4) is 0 Å². The van der Waals surface area contributed by atoms with Crippen molar-refractivity contribution in [1.29, 1.82) is 0 Å². The third kappa shape index (κ3) is 1.05. The smallest absolute Gasteiger partial charge is 0.0683 e. The molecule has 2 nitrogen and oxygen atoms in total. The van der Waals surface area contributed by atoms with E-state index in [1.165, 1.54) is 29.9 Å². The average molecular weight is 260 g/mol. The van der Waals surface area contributed by atoms with Crippen LogP contribution in [-0.2, 0) is 0 Å². The molecule has 0 radical (unpaired) electrons. The lowest BCUT2D eigenvalue weighted by atomic mass is 10.2. The van der Waals surface area contributed by atoms with E-state index in [9.17, 15) is 0 Å². The average Bonchev–Trinajstić information content (AvgIpc) is 2.82. The first kappa shape index (κ1) is 8.96. The van der Waals surface area contributed by atoms with Gasteiger partial charge in [-0.1, -0.05) is 46.1 Å². The molecule has 3 aromatic rings. The Labute approximate surface area is 97.1 Å². The maximum Gasteiger partial charge on any atom is 0.0683 e. The van der Waals surface area contributed by atoms with Crippen LogP contribution in [0, 0.1) is 13.8 Å². The molecule has 74 valence electrons. The molecule has 2 aromatic heterocycles. The van der Waals surface area contributed by atoms with Gasteiger partial charge in [0.25, 0.3) is 0 Å². The number of hydrogen-bond donors (Lipinski definition) is 2. The van der Waals surface area contributed by atoms with Crippen LogP contribution in [0.1, 0.15) is 11.1 Å². The summed E-state index contributed by atoms with van der Waals surface area (Å²) in [5.41, 5.74) is 2.82. The van der Waals surface area contributed by atoms with Crippen molar-refractivity contribution in [2.24, 2.45) is 0 Å². The van der Waals surface area contributed by atoms with Gasteiger partial charge in [-0.2, -0.15) is 0 Å². The molecular weight excluding hydrogens is 252 g/mol. The van der Waals surface area contributed by atoms with E-state index in [-0.39, 0.29) is 0 Å². The fourth-order valence-corrected chi connectivity index (χ4v) is 5.89. The van der Waals surface area contributed by atoms with Gasteiger partial charge in [-0.3, -0.25) is 7.53 Å². The van der Waals surface area contributed by atoms with Crippen LogP contribution in [0.3, 0.4) is 0 Å². The summed E-state index contributed by atoms with van der Waals surface area (Å²) in [4.78, 5) is 0. The van der Waals surface area contributed by atoms with E-state index in [0.29, 0.717) is 0 Å². The Morgan fingerprint density at radius 3 is 1.21 bits per heavy atom. The number of benzene rings is 1. The molecule has 0 saturated heterocycles. The van der Waals surface area contributed by atoms with Crippen molar-refractivity contribution in [2.75, 3.05) is 0 Å². The zero-order chi connectivity index (χ0) is 9.71. The van der Waals surface area contributed by atoms with Crippen molar-refractivity contribution in [3.63, 3.8) is 0 Å². The van der Waals surface area contributed by atoms with E-state index in [1.54, 1.807) is 46.1 Å². The van der Waals surface area contributed by atoms with Crippen molar-refractivity contribution >= 4 is 64.9 Å². The Hall–Kier alpha value is -0.300. The number of fused-ring (bicyclic) bond motifs is 2. The van der Waals surface area contributed by atoms with Crippen LogP contribution in [-0.4, -0.2) is 7.53 Å². The van der Waals surface area contributed by atoms with Crippen molar-refractivity contribution < 1.29 is 0 Å². The first-order valence-electron chi connectivity index (χ1n) is 4.13. The third-order valence-corrected chi connectivity index (χ3v) is 6.80. The van der Waals surface area contributed by atoms with Crippen LogP contribution >= 0.6 is 46.1 Å². The zero-order valence-corrected chi connectivity index (χ0v) is 10.9. The summed E-state index contributed by atoms with van der Waals surface area (Å²) >= 11 is 6.95. The molecular formula is C8H8N2S4. The monoisotopic (exact) mass is 260 g/mol. The van der Waals surface area contributed by atoms with Crippen LogP contribution in [0.2, 0.25) is 0 Å². The van der Waals surface area contributed by atoms with E-state index in [4.69, 9.17) is 0 Å². The first-order chi connectivity index (χ1) is 6.79. The number of aromatic nitrogens is 2. The highest BCUT2D eigenvalue weighted by Gasteiger charge is 2.12. The Morgan fingerprint density at radius 1 is 0.643 bits per heavy atom. The Bertz CT molecular complexity index is 522. The zero-order valence-electron chi connectivity index (χ0n) is 7.63. The van der Waals surface area contributed by atoms with Crippen molar-refractivity contribution in [1.82, 2.24) is 7.53 Å². The molecule has 2 N–H and O–H groups in total. The molecule has 6 heteroatoms. The van der Waals surface area contributed by atoms with Crippen molar-refractivity contribution in [2.45, 2.75) is 13.8 Å². The van der Waals surface area contributed by atoms with Gasteiger partial charge in [-0.05, 0) is 25.0 Å². The number of nitrogens with one attached hydrogen (secondary N) is 2. The largest absolute Gasteiger partial charge is 0.265 e. The summed E-state index contributed by atoms with van der Waals surface area (Å²) in [6, 6.07) is 0. The van der Waals surface area contributed by atoms with Gasteiger partial charge in [0, 0.05) is 0 Å². The number of rotatable bonds is 0. The fourth-order valence-electron chi connectivity index (χ4n) is 1.59. The van der Waals surface area contributed by atoms with E-state index in [2.05, 4.69) is 21.4 Å². The molecule has 0 aliphatic carbocycles. The van der Waals surface area contributed by atoms with Gasteiger partial charge in [-0.15, -0.1) is 0 Å². The molecule has 1 aromatic carbocycles. The van der Waals surface area contributed by atoms with Gasteiger partial charge < -0.3 is 0 Å². The Balaban J connectivity index is 2.72. The highest BCUT2D eigenvalue weighted by atomic mass is 32.2. The van der Waals surface area contributed by atoms with Gasteiger partial charge in [0.05, 0.1) is 18.8 Å². The van der Waals surface area contributed by atoms with E-state index < -0.39 is 0 Å². The standard InChI is InChI=1S/C8H8N2S4/c1-3-5-7(13-9-11-5)4(2)8-6(3)12-10-14-8/h9-10H,1-2H3. The van der Waals surface area contributed by atoms with E-state index in [1.807, 2.05) is 0 Å². The van der Waals surface area contributed by atoms with Crippen LogP contribution in [0.15, 0.2) is 0 Å².